The van der Waals surface area contributed by atoms with Gasteiger partial charge in [-0.1, -0.05) is 6.92 Å². The summed E-state index contributed by atoms with van der Waals surface area (Å²) < 4.78 is 28.7. The van der Waals surface area contributed by atoms with E-state index < -0.39 is 22.0 Å². The van der Waals surface area contributed by atoms with Gasteiger partial charge in [0.05, 0.1) is 6.61 Å². The van der Waals surface area contributed by atoms with Crippen molar-refractivity contribution < 1.29 is 18.1 Å². The third kappa shape index (κ3) is 4.65. The topological polar surface area (TPSA) is 74.6 Å². The summed E-state index contributed by atoms with van der Waals surface area (Å²) in [5, 5.41) is 7.31. The maximum absolute atomic E-state index is 10.2. The molecule has 0 saturated carbocycles. The molecule has 2 N–H and O–H groups in total. The van der Waals surface area contributed by atoms with E-state index in [0.717, 1.165) is 0 Å². The first-order valence-electron chi connectivity index (χ1n) is 2.59. The monoisotopic (exact) mass is 177 g/mol. The summed E-state index contributed by atoms with van der Waals surface area (Å²) in [6.07, 6.45) is 0.231. The van der Waals surface area contributed by atoms with Crippen LogP contribution in [0.5, 0.6) is 0 Å². The molecule has 0 aliphatic heterocycles. The predicted octanol–water partition coefficient (Wildman–Crippen LogP) is -0.736. The fourth-order valence-corrected chi connectivity index (χ4v) is 1.04. The zero-order valence-corrected chi connectivity index (χ0v) is 8.93. The second-order valence-corrected chi connectivity index (χ2v) is 3.42. The van der Waals surface area contributed by atoms with E-state index in [-0.39, 0.29) is 36.0 Å². The third-order valence-electron chi connectivity index (χ3n) is 1.08. The molecule has 6 heteroatoms. The van der Waals surface area contributed by atoms with Gasteiger partial charge in [0.2, 0.25) is 0 Å². The Morgan fingerprint density at radius 1 is 1.50 bits per heavy atom. The van der Waals surface area contributed by atoms with Crippen molar-refractivity contribution >= 4 is 39.7 Å². The fraction of sp³-hybridized carbons (Fsp3) is 1.00. The van der Waals surface area contributed by atoms with Crippen molar-refractivity contribution in [3.05, 3.63) is 0 Å². The Hall–Kier alpha value is 0.870. The average Bonchev–Trinajstić information content (AvgIpc) is 1.65. The number of aliphatic hydroxyl groups is 1. The molecule has 1 atom stereocenters. The van der Waals surface area contributed by atoms with Gasteiger partial charge in [0.15, 0.2) is 0 Å². The Morgan fingerprint density at radius 3 is 1.90 bits per heavy atom. The first kappa shape index (κ1) is 13.5. The van der Waals surface area contributed by atoms with E-state index in [2.05, 4.69) is 0 Å². The minimum absolute atomic E-state index is 0. The molecule has 1 radical (unpaired) electrons. The van der Waals surface area contributed by atoms with Gasteiger partial charge in [0.1, 0.15) is 5.25 Å². The van der Waals surface area contributed by atoms with Gasteiger partial charge in [-0.05, 0) is 6.42 Å². The Morgan fingerprint density at radius 2 is 1.90 bits per heavy atom. The number of hydrogen-bond donors (Lipinski definition) is 2. The molecule has 1 unspecified atom stereocenters. The van der Waals surface area contributed by atoms with Gasteiger partial charge >= 0.3 is 0 Å². The largest absolute Gasteiger partial charge is 0.395 e. The Balaban J connectivity index is 0. The minimum Gasteiger partial charge on any atom is -0.395 e. The number of rotatable bonds is 3. The first-order valence-corrected chi connectivity index (χ1v) is 4.09. The second-order valence-electron chi connectivity index (χ2n) is 1.73. The van der Waals surface area contributed by atoms with Crippen LogP contribution >= 0.6 is 0 Å². The van der Waals surface area contributed by atoms with Gasteiger partial charge in [-0.3, -0.25) is 4.55 Å². The van der Waals surface area contributed by atoms with Crippen LogP contribution in [0.25, 0.3) is 0 Å². The van der Waals surface area contributed by atoms with Crippen molar-refractivity contribution in [2.75, 3.05) is 6.61 Å². The summed E-state index contributed by atoms with van der Waals surface area (Å²) in [7, 11) is -4.02. The van der Waals surface area contributed by atoms with Crippen LogP contribution in [-0.2, 0) is 10.1 Å². The maximum atomic E-state index is 10.2. The molecule has 10 heavy (non-hydrogen) atoms. The maximum Gasteiger partial charge on any atom is 0.270 e. The van der Waals surface area contributed by atoms with Crippen LogP contribution in [0, 0.1) is 0 Å². The summed E-state index contributed by atoms with van der Waals surface area (Å²) in [6, 6.07) is 0. The summed E-state index contributed by atoms with van der Waals surface area (Å²) >= 11 is 0. The molecule has 4 nitrogen and oxygen atoms in total. The molecule has 0 saturated heterocycles. The van der Waals surface area contributed by atoms with Gasteiger partial charge in [-0.15, -0.1) is 0 Å². The summed E-state index contributed by atoms with van der Waals surface area (Å²) in [5.74, 6) is 0. The number of aliphatic hydroxyl groups excluding tert-OH is 1. The van der Waals surface area contributed by atoms with Crippen molar-refractivity contribution in [1.82, 2.24) is 0 Å². The Bertz CT molecular complexity index is 160. The Labute approximate surface area is 82.7 Å². The molecule has 0 fully saturated rings. The normalized spacial score (nSPS) is 13.9. The Kier molecular flexibility index (Phi) is 7.42. The van der Waals surface area contributed by atoms with Crippen molar-refractivity contribution in [3.63, 3.8) is 0 Å². The van der Waals surface area contributed by atoms with E-state index in [0.29, 0.717) is 0 Å². The molecule has 0 spiro atoms. The molecule has 0 rings (SSSR count). The van der Waals surface area contributed by atoms with Gasteiger partial charge < -0.3 is 5.11 Å². The molecule has 0 heterocycles. The first-order chi connectivity index (χ1) is 4.02. The number of hydrogen-bond acceptors (Lipinski definition) is 3. The van der Waals surface area contributed by atoms with Crippen LogP contribution in [0.15, 0.2) is 0 Å². The summed E-state index contributed by atoms with van der Waals surface area (Å²) in [6.45, 7) is 1.06. The summed E-state index contributed by atoms with van der Waals surface area (Å²) in [5.41, 5.74) is 0. The molecular weight excluding hydrogens is 167 g/mol. The van der Waals surface area contributed by atoms with Crippen molar-refractivity contribution in [1.29, 1.82) is 0 Å². The van der Waals surface area contributed by atoms with Crippen LogP contribution in [0.4, 0.5) is 0 Å². The molecule has 0 amide bonds. The molecular formula is C4H10NaO4S. The smallest absolute Gasteiger partial charge is 0.270 e. The van der Waals surface area contributed by atoms with E-state index in [1.54, 1.807) is 6.92 Å². The molecule has 57 valence electrons. The van der Waals surface area contributed by atoms with E-state index >= 15 is 0 Å². The van der Waals surface area contributed by atoms with E-state index in [1.807, 2.05) is 0 Å². The zero-order chi connectivity index (χ0) is 7.49. The minimum atomic E-state index is -4.02. The molecule has 0 aromatic heterocycles. The van der Waals surface area contributed by atoms with E-state index in [1.165, 1.54) is 0 Å². The van der Waals surface area contributed by atoms with Gasteiger partial charge in [0, 0.05) is 29.6 Å². The summed E-state index contributed by atoms with van der Waals surface area (Å²) in [4.78, 5) is 0. The molecule has 0 aliphatic carbocycles. The van der Waals surface area contributed by atoms with Crippen LogP contribution in [0.2, 0.25) is 0 Å². The zero-order valence-electron chi connectivity index (χ0n) is 6.11. The van der Waals surface area contributed by atoms with Gasteiger partial charge in [-0.2, -0.15) is 8.42 Å². The van der Waals surface area contributed by atoms with Crippen molar-refractivity contribution in [2.24, 2.45) is 0 Å². The quantitative estimate of drug-likeness (QED) is 0.440. The standard InChI is InChI=1S/C4H10O4S.Na/c1-2-4(3-5)9(6,7)8;/h4-5H,2-3H2,1H3,(H,6,7,8);. The van der Waals surface area contributed by atoms with Crippen LogP contribution in [0.1, 0.15) is 13.3 Å². The van der Waals surface area contributed by atoms with Crippen LogP contribution in [-0.4, -0.2) is 59.5 Å². The van der Waals surface area contributed by atoms with Gasteiger partial charge in [-0.25, -0.2) is 0 Å². The molecule has 0 bridgehead atoms. The SMILES string of the molecule is CCC(CO)S(=O)(=O)O.[Na]. The van der Waals surface area contributed by atoms with E-state index in [9.17, 15) is 8.42 Å². The second kappa shape index (κ2) is 5.51. The molecule has 0 aromatic carbocycles. The average molecular weight is 177 g/mol. The molecule has 0 aliphatic rings. The van der Waals surface area contributed by atoms with E-state index in [4.69, 9.17) is 9.66 Å². The van der Waals surface area contributed by atoms with Crippen LogP contribution in [0.3, 0.4) is 0 Å². The van der Waals surface area contributed by atoms with Crippen LogP contribution < -0.4 is 0 Å². The molecule has 0 aromatic rings. The van der Waals surface area contributed by atoms with Crippen molar-refractivity contribution in [2.45, 2.75) is 18.6 Å². The van der Waals surface area contributed by atoms with Gasteiger partial charge in [0.25, 0.3) is 10.1 Å². The predicted molar refractivity (Wildman–Crippen MR) is 38.5 cm³/mol. The third-order valence-corrected chi connectivity index (χ3v) is 2.41. The fourth-order valence-electron chi connectivity index (χ4n) is 0.434. The van der Waals surface area contributed by atoms with Crippen molar-refractivity contribution in [3.8, 4) is 0 Å².